The summed E-state index contributed by atoms with van der Waals surface area (Å²) in [4.78, 5) is 26.1. The molecule has 1 atom stereocenters. The number of carbonyl (C=O) groups excluding carboxylic acids is 1. The van der Waals surface area contributed by atoms with Crippen molar-refractivity contribution in [2.45, 2.75) is 31.4 Å². The van der Waals surface area contributed by atoms with Crippen LogP contribution in [0, 0.1) is 0 Å². The zero-order valence-electron chi connectivity index (χ0n) is 17.5. The number of aliphatic hydroxyl groups is 1. The SMILES string of the molecule is O=C1Nc2cnc(Nc3ccc(N4CCC(O)CC4)cc3)nc2N2c3ccccc3C[C@@H]12. The first-order valence-electron chi connectivity index (χ1n) is 11.0. The van der Waals surface area contributed by atoms with Gasteiger partial charge in [0, 0.05) is 36.6 Å². The Morgan fingerprint density at radius 2 is 1.84 bits per heavy atom. The third kappa shape index (κ3) is 3.23. The van der Waals surface area contributed by atoms with Crippen LogP contribution in [0.15, 0.2) is 54.7 Å². The Hall–Kier alpha value is -3.65. The molecular weight excluding hydrogens is 404 g/mol. The first-order chi connectivity index (χ1) is 15.7. The van der Waals surface area contributed by atoms with E-state index in [0.717, 1.165) is 48.6 Å². The molecule has 1 aromatic heterocycles. The molecule has 0 bridgehead atoms. The summed E-state index contributed by atoms with van der Waals surface area (Å²) in [5, 5.41) is 15.9. The number of para-hydroxylation sites is 1. The second-order valence-corrected chi connectivity index (χ2v) is 8.53. The van der Waals surface area contributed by atoms with Crippen LogP contribution in [0.1, 0.15) is 18.4 Å². The molecule has 0 spiro atoms. The third-order valence-corrected chi connectivity index (χ3v) is 6.49. The smallest absolute Gasteiger partial charge is 0.248 e. The Labute approximate surface area is 185 Å². The number of nitrogens with zero attached hydrogens (tertiary/aromatic N) is 4. The van der Waals surface area contributed by atoms with Crippen molar-refractivity contribution < 1.29 is 9.90 Å². The van der Waals surface area contributed by atoms with E-state index >= 15 is 0 Å². The van der Waals surface area contributed by atoms with E-state index in [1.807, 2.05) is 35.2 Å². The molecule has 0 unspecified atom stereocenters. The van der Waals surface area contributed by atoms with Gasteiger partial charge in [-0.3, -0.25) is 4.79 Å². The van der Waals surface area contributed by atoms with E-state index in [-0.39, 0.29) is 18.1 Å². The second-order valence-electron chi connectivity index (χ2n) is 8.53. The molecule has 32 heavy (non-hydrogen) atoms. The van der Waals surface area contributed by atoms with Gasteiger partial charge in [0.05, 0.1) is 12.3 Å². The number of piperidine rings is 1. The quantitative estimate of drug-likeness (QED) is 0.590. The van der Waals surface area contributed by atoms with Crippen LogP contribution < -0.4 is 20.4 Å². The molecule has 1 amide bonds. The molecule has 1 saturated heterocycles. The monoisotopic (exact) mass is 428 g/mol. The maximum Gasteiger partial charge on any atom is 0.248 e. The van der Waals surface area contributed by atoms with Crippen LogP contribution in [-0.2, 0) is 11.2 Å². The third-order valence-electron chi connectivity index (χ3n) is 6.49. The number of hydrogen-bond donors (Lipinski definition) is 3. The zero-order chi connectivity index (χ0) is 21.7. The van der Waals surface area contributed by atoms with Crippen molar-refractivity contribution in [1.29, 1.82) is 0 Å². The van der Waals surface area contributed by atoms with Crippen LogP contribution in [0.3, 0.4) is 0 Å². The van der Waals surface area contributed by atoms with Crippen LogP contribution in [-0.4, -0.2) is 46.2 Å². The van der Waals surface area contributed by atoms with Gasteiger partial charge in [0.15, 0.2) is 5.82 Å². The molecule has 3 aliphatic rings. The van der Waals surface area contributed by atoms with Gasteiger partial charge in [0.2, 0.25) is 11.9 Å². The van der Waals surface area contributed by atoms with Gasteiger partial charge in [-0.25, -0.2) is 4.98 Å². The largest absolute Gasteiger partial charge is 0.393 e. The minimum atomic E-state index is -0.287. The normalized spacial score (nSPS) is 19.8. The van der Waals surface area contributed by atoms with Crippen LogP contribution >= 0.6 is 0 Å². The Bertz CT molecular complexity index is 1170. The summed E-state index contributed by atoms with van der Waals surface area (Å²) in [6.45, 7) is 1.73. The van der Waals surface area contributed by atoms with Crippen molar-refractivity contribution in [3.05, 3.63) is 60.3 Å². The molecular formula is C24H24N6O2. The molecule has 0 saturated carbocycles. The highest BCUT2D eigenvalue weighted by Gasteiger charge is 2.41. The summed E-state index contributed by atoms with van der Waals surface area (Å²) in [7, 11) is 0. The summed E-state index contributed by atoms with van der Waals surface area (Å²) >= 11 is 0. The van der Waals surface area contributed by atoms with E-state index in [2.05, 4.69) is 38.7 Å². The lowest BCUT2D eigenvalue weighted by atomic mass is 10.1. The van der Waals surface area contributed by atoms with Gasteiger partial charge in [-0.1, -0.05) is 18.2 Å². The average Bonchev–Trinajstić information content (AvgIpc) is 3.21. The van der Waals surface area contributed by atoms with Gasteiger partial charge in [0.1, 0.15) is 11.7 Å². The fourth-order valence-corrected chi connectivity index (χ4v) is 4.79. The molecule has 3 N–H and O–H groups in total. The van der Waals surface area contributed by atoms with Crippen molar-refractivity contribution in [1.82, 2.24) is 9.97 Å². The lowest BCUT2D eigenvalue weighted by Crippen LogP contribution is -2.44. The molecule has 162 valence electrons. The number of aliphatic hydroxyl groups excluding tert-OH is 1. The van der Waals surface area contributed by atoms with Gasteiger partial charge in [-0.05, 0) is 48.7 Å². The molecule has 6 rings (SSSR count). The standard InChI is InChI=1S/C24H24N6O2/c31-18-9-11-29(12-10-18)17-7-5-16(6-8-17)26-24-25-14-19-22(28-24)30-20-4-2-1-3-15(20)13-21(30)23(32)27-19/h1-8,14,18,21,31H,9-13H2,(H,27,32)(H,25,26,28)/t21-/m0/s1. The number of amides is 1. The summed E-state index contributed by atoms with van der Waals surface area (Å²) < 4.78 is 0. The number of fused-ring (bicyclic) bond motifs is 5. The van der Waals surface area contributed by atoms with E-state index in [4.69, 9.17) is 4.98 Å². The first kappa shape index (κ1) is 19.1. The Morgan fingerprint density at radius 1 is 1.06 bits per heavy atom. The summed E-state index contributed by atoms with van der Waals surface area (Å²) in [5.41, 5.74) is 4.83. The number of nitrogens with one attached hydrogen (secondary N) is 2. The summed E-state index contributed by atoms with van der Waals surface area (Å²) in [6.07, 6.45) is 3.76. The van der Waals surface area contributed by atoms with E-state index < -0.39 is 0 Å². The molecule has 3 aromatic rings. The number of aromatic nitrogens is 2. The average molecular weight is 428 g/mol. The molecule has 3 aliphatic heterocycles. The molecule has 0 aliphatic carbocycles. The maximum absolute atomic E-state index is 12.6. The Kier molecular flexibility index (Phi) is 4.46. The predicted molar refractivity (Wildman–Crippen MR) is 124 cm³/mol. The number of hydrogen-bond acceptors (Lipinski definition) is 7. The highest BCUT2D eigenvalue weighted by atomic mass is 16.3. The molecule has 2 aromatic carbocycles. The second kappa shape index (κ2) is 7.49. The highest BCUT2D eigenvalue weighted by molar-refractivity contribution is 6.06. The lowest BCUT2D eigenvalue weighted by molar-refractivity contribution is -0.117. The van der Waals surface area contributed by atoms with Crippen molar-refractivity contribution in [3.63, 3.8) is 0 Å². The van der Waals surface area contributed by atoms with Crippen LogP contribution in [0.5, 0.6) is 0 Å². The Morgan fingerprint density at radius 3 is 2.66 bits per heavy atom. The summed E-state index contributed by atoms with van der Waals surface area (Å²) in [6, 6.07) is 16.0. The van der Waals surface area contributed by atoms with Crippen LogP contribution in [0.4, 0.5) is 34.5 Å². The summed E-state index contributed by atoms with van der Waals surface area (Å²) in [5.74, 6) is 1.16. The van der Waals surface area contributed by atoms with E-state index in [9.17, 15) is 9.90 Å². The van der Waals surface area contributed by atoms with E-state index in [1.165, 1.54) is 0 Å². The van der Waals surface area contributed by atoms with E-state index in [1.54, 1.807) is 6.20 Å². The van der Waals surface area contributed by atoms with Gasteiger partial charge in [0.25, 0.3) is 0 Å². The van der Waals surface area contributed by atoms with Crippen molar-refractivity contribution >= 4 is 40.4 Å². The number of anilines is 6. The van der Waals surface area contributed by atoms with Crippen molar-refractivity contribution in [3.8, 4) is 0 Å². The van der Waals surface area contributed by atoms with E-state index in [0.29, 0.717) is 23.9 Å². The number of carbonyl (C=O) groups is 1. The molecule has 0 radical (unpaired) electrons. The minimum absolute atomic E-state index is 0.0289. The fourth-order valence-electron chi connectivity index (χ4n) is 4.79. The minimum Gasteiger partial charge on any atom is -0.393 e. The van der Waals surface area contributed by atoms with Gasteiger partial charge in [-0.2, -0.15) is 4.98 Å². The molecule has 8 heteroatoms. The zero-order valence-corrected chi connectivity index (χ0v) is 17.5. The van der Waals surface area contributed by atoms with Crippen LogP contribution in [0.25, 0.3) is 0 Å². The van der Waals surface area contributed by atoms with Crippen LogP contribution in [0.2, 0.25) is 0 Å². The first-order valence-corrected chi connectivity index (χ1v) is 11.0. The molecule has 1 fully saturated rings. The fraction of sp³-hybridized carbons (Fsp3) is 0.292. The Balaban J connectivity index is 1.25. The van der Waals surface area contributed by atoms with Gasteiger partial charge < -0.3 is 25.5 Å². The van der Waals surface area contributed by atoms with Crippen molar-refractivity contribution in [2.75, 3.05) is 33.5 Å². The maximum atomic E-state index is 12.6. The number of benzene rings is 2. The van der Waals surface area contributed by atoms with Crippen molar-refractivity contribution in [2.24, 2.45) is 0 Å². The predicted octanol–water partition coefficient (Wildman–Crippen LogP) is 3.20. The van der Waals surface area contributed by atoms with Gasteiger partial charge in [-0.15, -0.1) is 0 Å². The van der Waals surface area contributed by atoms with Gasteiger partial charge >= 0.3 is 0 Å². The number of rotatable bonds is 3. The molecule has 8 nitrogen and oxygen atoms in total. The topological polar surface area (TPSA) is 93.6 Å². The molecule has 4 heterocycles. The lowest BCUT2D eigenvalue weighted by Gasteiger charge is -2.32. The highest BCUT2D eigenvalue weighted by Crippen LogP contribution is 2.43.